The van der Waals surface area contributed by atoms with Crippen molar-refractivity contribution in [2.75, 3.05) is 18.4 Å². The second-order valence-corrected chi connectivity index (χ2v) is 4.19. The van der Waals surface area contributed by atoms with Gasteiger partial charge in [-0.25, -0.2) is 4.98 Å². The number of likely N-dealkylation sites (tertiary alicyclic amines) is 1. The van der Waals surface area contributed by atoms with Gasteiger partial charge in [-0.1, -0.05) is 0 Å². The fraction of sp³-hybridized carbons (Fsp3) is 0.545. The maximum atomic E-state index is 12.0. The summed E-state index contributed by atoms with van der Waals surface area (Å²) in [7, 11) is 0. The lowest BCUT2D eigenvalue weighted by Gasteiger charge is -2.21. The van der Waals surface area contributed by atoms with Crippen molar-refractivity contribution in [3.8, 4) is 0 Å². The van der Waals surface area contributed by atoms with Gasteiger partial charge < -0.3 is 15.2 Å². The summed E-state index contributed by atoms with van der Waals surface area (Å²) in [5.41, 5.74) is -0.233. The van der Waals surface area contributed by atoms with Gasteiger partial charge in [0.2, 0.25) is 5.91 Å². The number of aromatic nitrogens is 2. The van der Waals surface area contributed by atoms with Crippen molar-refractivity contribution in [3.05, 3.63) is 22.7 Å². The molecule has 1 aliphatic heterocycles. The molecule has 1 aliphatic rings. The van der Waals surface area contributed by atoms with Crippen LogP contribution in [0.4, 0.5) is 5.82 Å². The molecule has 2 N–H and O–H groups in total. The normalized spacial score (nSPS) is 16.9. The molecule has 1 fully saturated rings. The van der Waals surface area contributed by atoms with Gasteiger partial charge >= 0.3 is 0 Å². The minimum Gasteiger partial charge on any atom is -0.358 e. The van der Waals surface area contributed by atoms with E-state index >= 15 is 0 Å². The Hall–Kier alpha value is -1.85. The van der Waals surface area contributed by atoms with Gasteiger partial charge in [-0.05, 0) is 19.8 Å². The predicted molar refractivity (Wildman–Crippen MR) is 63.8 cm³/mol. The fourth-order valence-corrected chi connectivity index (χ4v) is 1.94. The van der Waals surface area contributed by atoms with Gasteiger partial charge in [0, 0.05) is 19.2 Å². The molecule has 92 valence electrons. The van der Waals surface area contributed by atoms with Crippen LogP contribution in [0, 0.1) is 0 Å². The molecule has 2 heterocycles. The quantitative estimate of drug-likeness (QED) is 0.785. The van der Waals surface area contributed by atoms with Gasteiger partial charge in [-0.2, -0.15) is 0 Å². The zero-order valence-electron chi connectivity index (χ0n) is 9.77. The summed E-state index contributed by atoms with van der Waals surface area (Å²) >= 11 is 0. The van der Waals surface area contributed by atoms with Crippen LogP contribution >= 0.6 is 0 Å². The summed E-state index contributed by atoms with van der Waals surface area (Å²) in [6.45, 7) is 3.44. The van der Waals surface area contributed by atoms with Crippen LogP contribution in [0.15, 0.2) is 17.2 Å². The summed E-state index contributed by atoms with van der Waals surface area (Å²) in [4.78, 5) is 31.3. The summed E-state index contributed by atoms with van der Waals surface area (Å²) < 4.78 is 0. The van der Waals surface area contributed by atoms with Crippen LogP contribution in [0.5, 0.6) is 0 Å². The van der Waals surface area contributed by atoms with E-state index in [4.69, 9.17) is 0 Å². The number of aromatic amines is 1. The lowest BCUT2D eigenvalue weighted by Crippen LogP contribution is -2.39. The molecule has 2 rings (SSSR count). The second-order valence-electron chi connectivity index (χ2n) is 4.19. The third-order valence-electron chi connectivity index (χ3n) is 2.83. The molecule has 1 atom stereocenters. The Kier molecular flexibility index (Phi) is 3.41. The van der Waals surface area contributed by atoms with Crippen LogP contribution < -0.4 is 10.9 Å². The SMILES string of the molecule is CC(Nc1cc(=O)[nH]cn1)C(=O)N1CCCC1. The first kappa shape index (κ1) is 11.6. The van der Waals surface area contributed by atoms with Crippen molar-refractivity contribution < 1.29 is 4.79 Å². The van der Waals surface area contributed by atoms with E-state index in [9.17, 15) is 9.59 Å². The molecule has 0 spiro atoms. The molecule has 17 heavy (non-hydrogen) atoms. The Bertz CT molecular complexity index is 451. The van der Waals surface area contributed by atoms with E-state index in [0.29, 0.717) is 5.82 Å². The number of hydrogen-bond donors (Lipinski definition) is 2. The maximum Gasteiger partial charge on any atom is 0.252 e. The number of hydrogen-bond acceptors (Lipinski definition) is 4. The summed E-state index contributed by atoms with van der Waals surface area (Å²) in [5.74, 6) is 0.485. The Labute approximate surface area is 99.1 Å². The molecule has 6 heteroatoms. The third kappa shape index (κ3) is 2.83. The number of nitrogens with zero attached hydrogens (tertiary/aromatic N) is 2. The number of nitrogens with one attached hydrogen (secondary N) is 2. The van der Waals surface area contributed by atoms with Gasteiger partial charge in [0.15, 0.2) is 0 Å². The highest BCUT2D eigenvalue weighted by atomic mass is 16.2. The molecule has 1 aromatic rings. The van der Waals surface area contributed by atoms with E-state index in [2.05, 4.69) is 15.3 Å². The van der Waals surface area contributed by atoms with Gasteiger partial charge in [0.05, 0.1) is 6.33 Å². The number of amides is 1. The highest BCUT2D eigenvalue weighted by Gasteiger charge is 2.23. The van der Waals surface area contributed by atoms with Crippen molar-refractivity contribution in [1.29, 1.82) is 0 Å². The third-order valence-corrected chi connectivity index (χ3v) is 2.83. The van der Waals surface area contributed by atoms with Crippen molar-refractivity contribution in [2.45, 2.75) is 25.8 Å². The fourth-order valence-electron chi connectivity index (χ4n) is 1.94. The highest BCUT2D eigenvalue weighted by molar-refractivity contribution is 5.84. The molecule has 1 aromatic heterocycles. The van der Waals surface area contributed by atoms with E-state index in [1.54, 1.807) is 6.92 Å². The summed E-state index contributed by atoms with van der Waals surface area (Å²) in [6, 6.07) is 0.982. The largest absolute Gasteiger partial charge is 0.358 e. The van der Waals surface area contributed by atoms with E-state index < -0.39 is 0 Å². The molecular formula is C11H16N4O2. The van der Waals surface area contributed by atoms with Crippen LogP contribution in [-0.2, 0) is 4.79 Å². The first-order chi connectivity index (χ1) is 8.16. The molecule has 0 saturated carbocycles. The average molecular weight is 236 g/mol. The van der Waals surface area contributed by atoms with Gasteiger partial charge in [-0.3, -0.25) is 9.59 Å². The second kappa shape index (κ2) is 4.99. The first-order valence-corrected chi connectivity index (χ1v) is 5.77. The number of rotatable bonds is 3. The maximum absolute atomic E-state index is 12.0. The zero-order chi connectivity index (χ0) is 12.3. The number of anilines is 1. The summed E-state index contributed by atoms with van der Waals surface area (Å²) in [6.07, 6.45) is 3.46. The molecule has 0 aromatic carbocycles. The predicted octanol–water partition coefficient (Wildman–Crippen LogP) is 0.193. The van der Waals surface area contributed by atoms with Gasteiger partial charge in [-0.15, -0.1) is 0 Å². The zero-order valence-corrected chi connectivity index (χ0v) is 9.77. The van der Waals surface area contributed by atoms with Crippen LogP contribution in [0.2, 0.25) is 0 Å². The Morgan fingerprint density at radius 1 is 1.53 bits per heavy atom. The van der Waals surface area contributed by atoms with Crippen LogP contribution in [0.1, 0.15) is 19.8 Å². The van der Waals surface area contributed by atoms with Crippen LogP contribution in [-0.4, -0.2) is 39.9 Å². The topological polar surface area (TPSA) is 78.1 Å². The van der Waals surface area contributed by atoms with Crippen molar-refractivity contribution >= 4 is 11.7 Å². The Balaban J connectivity index is 1.98. The minimum atomic E-state index is -0.359. The Morgan fingerprint density at radius 2 is 2.24 bits per heavy atom. The van der Waals surface area contributed by atoms with Gasteiger partial charge in [0.1, 0.15) is 11.9 Å². The Morgan fingerprint density at radius 3 is 2.88 bits per heavy atom. The number of carbonyl (C=O) groups excluding carboxylic acids is 1. The van der Waals surface area contributed by atoms with E-state index in [1.165, 1.54) is 12.4 Å². The molecule has 0 bridgehead atoms. The molecular weight excluding hydrogens is 220 g/mol. The van der Waals surface area contributed by atoms with Crippen LogP contribution in [0.25, 0.3) is 0 Å². The monoisotopic (exact) mass is 236 g/mol. The minimum absolute atomic E-state index is 0.0598. The van der Waals surface area contributed by atoms with Crippen molar-refractivity contribution in [2.24, 2.45) is 0 Å². The van der Waals surface area contributed by atoms with Gasteiger partial charge in [0.25, 0.3) is 5.56 Å². The molecule has 1 amide bonds. The standard InChI is InChI=1S/C11H16N4O2/c1-8(11(17)15-4-2-3-5-15)14-9-6-10(16)13-7-12-9/h6-8H,2-5H2,1H3,(H2,12,13,14,16). The smallest absolute Gasteiger partial charge is 0.252 e. The lowest BCUT2D eigenvalue weighted by molar-refractivity contribution is -0.130. The molecule has 6 nitrogen and oxygen atoms in total. The molecule has 1 unspecified atom stereocenters. The molecule has 0 radical (unpaired) electrons. The van der Waals surface area contributed by atoms with E-state index in [0.717, 1.165) is 25.9 Å². The molecule has 0 aliphatic carbocycles. The highest BCUT2D eigenvalue weighted by Crippen LogP contribution is 2.10. The van der Waals surface area contributed by atoms with Crippen molar-refractivity contribution in [1.82, 2.24) is 14.9 Å². The average Bonchev–Trinajstić information content (AvgIpc) is 2.81. The van der Waals surface area contributed by atoms with E-state index in [1.807, 2.05) is 4.90 Å². The number of carbonyl (C=O) groups is 1. The summed E-state index contributed by atoms with van der Waals surface area (Å²) in [5, 5.41) is 2.94. The first-order valence-electron chi connectivity index (χ1n) is 5.77. The molecule has 1 saturated heterocycles. The lowest BCUT2D eigenvalue weighted by atomic mass is 10.3. The van der Waals surface area contributed by atoms with Crippen LogP contribution in [0.3, 0.4) is 0 Å². The van der Waals surface area contributed by atoms with E-state index in [-0.39, 0.29) is 17.5 Å². The number of H-pyrrole nitrogens is 1. The van der Waals surface area contributed by atoms with Crippen molar-refractivity contribution in [3.63, 3.8) is 0 Å².